The van der Waals surface area contributed by atoms with Crippen LogP contribution in [0.4, 0.5) is 24.8 Å². The normalized spacial score (nSPS) is 11.7. The highest BCUT2D eigenvalue weighted by atomic mass is 19.4. The van der Waals surface area contributed by atoms with Crippen LogP contribution in [-0.2, 0) is 31.1 Å². The molecular weight excluding hydrogens is 521 g/mol. The number of nitrogens with zero attached hydrogens (tertiary/aromatic N) is 8. The van der Waals surface area contributed by atoms with Gasteiger partial charge in [-0.15, -0.1) is 0 Å². The molecule has 5 aromatic rings. The van der Waals surface area contributed by atoms with Crippen molar-refractivity contribution in [1.82, 2.24) is 33.8 Å². The molecule has 0 fully saturated rings. The highest BCUT2D eigenvalue weighted by Crippen LogP contribution is 2.30. The van der Waals surface area contributed by atoms with Gasteiger partial charge in [-0.3, -0.25) is 18.7 Å². The van der Waals surface area contributed by atoms with Crippen LogP contribution in [0.1, 0.15) is 17.1 Å². The van der Waals surface area contributed by atoms with E-state index in [1.165, 1.54) is 36.3 Å². The maximum Gasteiger partial charge on any atom is 0.433 e. The lowest BCUT2D eigenvalue weighted by atomic mass is 10.3. The van der Waals surface area contributed by atoms with E-state index in [1.807, 2.05) is 0 Å². The Morgan fingerprint density at radius 2 is 1.85 bits per heavy atom. The van der Waals surface area contributed by atoms with Gasteiger partial charge in [0.15, 0.2) is 11.2 Å². The Kier molecular flexibility index (Phi) is 6.33. The summed E-state index contributed by atoms with van der Waals surface area (Å²) in [5, 5.41) is 3.82. The van der Waals surface area contributed by atoms with Crippen LogP contribution in [-0.4, -0.2) is 39.7 Å². The summed E-state index contributed by atoms with van der Waals surface area (Å²) in [6.45, 7) is 0.946. The van der Waals surface area contributed by atoms with Gasteiger partial charge in [-0.05, 0) is 31.2 Å². The number of halogens is 3. The Labute approximate surface area is 216 Å². The van der Waals surface area contributed by atoms with E-state index >= 15 is 0 Å². The number of alkyl halides is 3. The zero-order chi connectivity index (χ0) is 27.9. The molecule has 0 N–H and O–H groups in total. The standard InChI is InChI=1S/C24H19F3N8O4/c1-14-10-15(31-39-14)11-34-22(37)20-21(32(2)23(34)38)29-13-33(20)12-19(36)35(17-7-3-4-9-28-17)18-8-5-6-16(30-18)24(25,26)27/h3-10,13H,11-12H2,1-2H3. The van der Waals surface area contributed by atoms with Crippen molar-refractivity contribution in [2.45, 2.75) is 26.2 Å². The molecule has 0 radical (unpaired) electrons. The van der Waals surface area contributed by atoms with Crippen LogP contribution < -0.4 is 16.1 Å². The van der Waals surface area contributed by atoms with Gasteiger partial charge in [0.2, 0.25) is 0 Å². The first-order valence-corrected chi connectivity index (χ1v) is 11.4. The number of carbonyl (C=O) groups is 1. The Hall–Kier alpha value is -5.08. The summed E-state index contributed by atoms with van der Waals surface area (Å²) < 4.78 is 48.4. The van der Waals surface area contributed by atoms with Crippen molar-refractivity contribution >= 4 is 28.7 Å². The quantitative estimate of drug-likeness (QED) is 0.321. The van der Waals surface area contributed by atoms with E-state index in [-0.39, 0.29) is 29.3 Å². The fourth-order valence-corrected chi connectivity index (χ4v) is 4.02. The third-order valence-electron chi connectivity index (χ3n) is 5.79. The fraction of sp³-hybridized carbons (Fsp3) is 0.208. The van der Waals surface area contributed by atoms with Crippen molar-refractivity contribution in [3.8, 4) is 0 Å². The predicted molar refractivity (Wildman–Crippen MR) is 130 cm³/mol. The van der Waals surface area contributed by atoms with E-state index in [2.05, 4.69) is 20.1 Å². The van der Waals surface area contributed by atoms with Crippen LogP contribution in [0.5, 0.6) is 0 Å². The highest BCUT2D eigenvalue weighted by Gasteiger charge is 2.34. The third-order valence-corrected chi connectivity index (χ3v) is 5.79. The Morgan fingerprint density at radius 3 is 2.51 bits per heavy atom. The molecule has 0 aliphatic carbocycles. The molecule has 0 unspecified atom stereocenters. The number of hydrogen-bond donors (Lipinski definition) is 0. The van der Waals surface area contributed by atoms with Gasteiger partial charge in [0.05, 0.1) is 12.9 Å². The second-order valence-corrected chi connectivity index (χ2v) is 8.50. The van der Waals surface area contributed by atoms with Crippen molar-refractivity contribution < 1.29 is 22.5 Å². The number of rotatable bonds is 6. The lowest BCUT2D eigenvalue weighted by molar-refractivity contribution is -0.141. The largest absolute Gasteiger partial charge is 0.433 e. The van der Waals surface area contributed by atoms with Gasteiger partial charge in [-0.2, -0.15) is 13.2 Å². The number of aromatic nitrogens is 7. The van der Waals surface area contributed by atoms with Gasteiger partial charge in [0.1, 0.15) is 35.3 Å². The topological polar surface area (TPSA) is 134 Å². The maximum atomic E-state index is 13.6. The molecule has 0 bridgehead atoms. The SMILES string of the molecule is Cc1cc(Cn2c(=O)c3c(ncn3CC(=O)N(c3ccccn3)c3cccc(C(F)(F)F)n3)n(C)c2=O)no1. The van der Waals surface area contributed by atoms with Gasteiger partial charge in [-0.1, -0.05) is 17.3 Å². The molecular formula is C24H19F3N8O4. The summed E-state index contributed by atoms with van der Waals surface area (Å²) in [6.07, 6.45) is -2.17. The van der Waals surface area contributed by atoms with Crippen LogP contribution in [0.3, 0.4) is 0 Å². The van der Waals surface area contributed by atoms with Gasteiger partial charge >= 0.3 is 11.9 Å². The van der Waals surface area contributed by atoms with Crippen LogP contribution in [0.25, 0.3) is 11.2 Å². The van der Waals surface area contributed by atoms with Crippen LogP contribution in [0.15, 0.2) is 69.1 Å². The predicted octanol–water partition coefficient (Wildman–Crippen LogP) is 2.42. The summed E-state index contributed by atoms with van der Waals surface area (Å²) in [5.74, 6) is -0.565. The number of anilines is 2. The van der Waals surface area contributed by atoms with Crippen molar-refractivity contribution in [2.75, 3.05) is 4.90 Å². The third kappa shape index (κ3) is 4.81. The second kappa shape index (κ2) is 9.66. The summed E-state index contributed by atoms with van der Waals surface area (Å²) in [7, 11) is 1.42. The molecule has 15 heteroatoms. The molecule has 1 amide bonds. The summed E-state index contributed by atoms with van der Waals surface area (Å²) in [4.78, 5) is 52.6. The first kappa shape index (κ1) is 25.6. The number of carbonyl (C=O) groups excluding carboxylic acids is 1. The maximum absolute atomic E-state index is 13.6. The smallest absolute Gasteiger partial charge is 0.361 e. The molecule has 0 atom stereocenters. The zero-order valence-electron chi connectivity index (χ0n) is 20.5. The summed E-state index contributed by atoms with van der Waals surface area (Å²) >= 11 is 0. The van der Waals surface area contributed by atoms with E-state index < -0.39 is 35.6 Å². The first-order chi connectivity index (χ1) is 18.5. The molecule has 0 saturated heterocycles. The number of aryl methyl sites for hydroxylation is 2. The number of pyridine rings is 2. The molecule has 5 aromatic heterocycles. The molecule has 0 spiro atoms. The average Bonchev–Trinajstić information content (AvgIpc) is 3.51. The average molecular weight is 540 g/mol. The van der Waals surface area contributed by atoms with Crippen molar-refractivity contribution in [3.05, 3.63) is 93.0 Å². The second-order valence-electron chi connectivity index (χ2n) is 8.50. The van der Waals surface area contributed by atoms with Crippen LogP contribution in [0.2, 0.25) is 0 Å². The molecule has 5 heterocycles. The van der Waals surface area contributed by atoms with E-state index in [0.29, 0.717) is 11.5 Å². The Morgan fingerprint density at radius 1 is 1.08 bits per heavy atom. The molecule has 200 valence electrons. The lowest BCUT2D eigenvalue weighted by Crippen LogP contribution is -2.40. The Balaban J connectivity index is 1.58. The number of hydrogen-bond acceptors (Lipinski definition) is 8. The van der Waals surface area contributed by atoms with Crippen molar-refractivity contribution in [2.24, 2.45) is 7.05 Å². The van der Waals surface area contributed by atoms with Crippen molar-refractivity contribution in [1.29, 1.82) is 0 Å². The molecule has 0 aromatic carbocycles. The first-order valence-electron chi connectivity index (χ1n) is 11.4. The minimum Gasteiger partial charge on any atom is -0.361 e. The van der Waals surface area contributed by atoms with Gasteiger partial charge in [0, 0.05) is 19.3 Å². The van der Waals surface area contributed by atoms with E-state index in [4.69, 9.17) is 4.52 Å². The molecule has 39 heavy (non-hydrogen) atoms. The van der Waals surface area contributed by atoms with Crippen LogP contribution in [0, 0.1) is 6.92 Å². The number of amides is 1. The van der Waals surface area contributed by atoms with Gasteiger partial charge < -0.3 is 9.09 Å². The number of imidazole rings is 1. The number of fused-ring (bicyclic) bond motifs is 1. The zero-order valence-corrected chi connectivity index (χ0v) is 20.5. The monoisotopic (exact) mass is 540 g/mol. The minimum absolute atomic E-state index is 0.0185. The highest BCUT2D eigenvalue weighted by molar-refractivity contribution is 5.99. The molecule has 12 nitrogen and oxygen atoms in total. The Bertz CT molecular complexity index is 1800. The fourth-order valence-electron chi connectivity index (χ4n) is 4.02. The van der Waals surface area contributed by atoms with Crippen molar-refractivity contribution in [3.63, 3.8) is 0 Å². The van der Waals surface area contributed by atoms with E-state index in [9.17, 15) is 27.6 Å². The van der Waals surface area contributed by atoms with Crippen LogP contribution >= 0.6 is 0 Å². The molecule has 0 saturated carbocycles. The van der Waals surface area contributed by atoms with Gasteiger partial charge in [-0.25, -0.2) is 24.6 Å². The lowest BCUT2D eigenvalue weighted by Gasteiger charge is -2.22. The molecule has 0 aliphatic rings. The van der Waals surface area contributed by atoms with Gasteiger partial charge in [0.25, 0.3) is 11.5 Å². The summed E-state index contributed by atoms with van der Waals surface area (Å²) in [6, 6.07) is 9.29. The molecule has 0 aliphatic heterocycles. The molecule has 5 rings (SSSR count). The minimum atomic E-state index is -4.74. The van der Waals surface area contributed by atoms with E-state index in [0.717, 1.165) is 26.2 Å². The summed E-state index contributed by atoms with van der Waals surface area (Å²) in [5.41, 5.74) is -2.29. The van der Waals surface area contributed by atoms with E-state index in [1.54, 1.807) is 25.1 Å².